The fourth-order valence-corrected chi connectivity index (χ4v) is 2.80. The van der Waals surface area contributed by atoms with Crippen LogP contribution < -0.4 is 10.1 Å². The van der Waals surface area contributed by atoms with Gasteiger partial charge in [-0.25, -0.2) is 0 Å². The molecule has 4 nitrogen and oxygen atoms in total. The van der Waals surface area contributed by atoms with E-state index >= 15 is 0 Å². The van der Waals surface area contributed by atoms with E-state index in [0.29, 0.717) is 13.0 Å². The minimum absolute atomic E-state index is 0.0535. The SMILES string of the molecule is Cc1cccc(OCCC(=O)Nc2ccc(Cc3ccncc3)cc2)c1C. The van der Waals surface area contributed by atoms with E-state index in [2.05, 4.69) is 10.3 Å². The molecule has 4 heteroatoms. The van der Waals surface area contributed by atoms with Gasteiger partial charge in [-0.3, -0.25) is 9.78 Å². The molecule has 1 amide bonds. The molecule has 0 saturated carbocycles. The van der Waals surface area contributed by atoms with Gasteiger partial charge < -0.3 is 10.1 Å². The van der Waals surface area contributed by atoms with Crippen LogP contribution in [0.1, 0.15) is 28.7 Å². The first-order valence-corrected chi connectivity index (χ1v) is 9.08. The number of benzene rings is 2. The number of pyridine rings is 1. The summed E-state index contributed by atoms with van der Waals surface area (Å²) in [6.45, 7) is 4.43. The predicted molar refractivity (Wildman–Crippen MR) is 108 cm³/mol. The van der Waals surface area contributed by atoms with E-state index < -0.39 is 0 Å². The molecule has 1 heterocycles. The van der Waals surface area contributed by atoms with Crippen LogP contribution in [0.3, 0.4) is 0 Å². The third-order valence-corrected chi connectivity index (χ3v) is 4.54. The van der Waals surface area contributed by atoms with E-state index in [1.807, 2.05) is 68.4 Å². The molecule has 0 spiro atoms. The molecule has 0 radical (unpaired) electrons. The van der Waals surface area contributed by atoms with Crippen LogP contribution in [0.5, 0.6) is 5.75 Å². The summed E-state index contributed by atoms with van der Waals surface area (Å²) in [5.74, 6) is 0.783. The lowest BCUT2D eigenvalue weighted by Gasteiger charge is -2.11. The zero-order valence-electron chi connectivity index (χ0n) is 15.7. The first-order chi connectivity index (χ1) is 13.1. The van der Waals surface area contributed by atoms with Gasteiger partial charge in [0.05, 0.1) is 13.0 Å². The monoisotopic (exact) mass is 360 g/mol. The van der Waals surface area contributed by atoms with Crippen LogP contribution in [-0.2, 0) is 11.2 Å². The van der Waals surface area contributed by atoms with Gasteiger partial charge in [0.15, 0.2) is 0 Å². The number of aromatic nitrogens is 1. The van der Waals surface area contributed by atoms with Crippen molar-refractivity contribution in [3.8, 4) is 5.75 Å². The maximum absolute atomic E-state index is 12.1. The highest BCUT2D eigenvalue weighted by atomic mass is 16.5. The van der Waals surface area contributed by atoms with E-state index in [1.165, 1.54) is 16.7 Å². The van der Waals surface area contributed by atoms with Crippen LogP contribution in [0.25, 0.3) is 0 Å². The first-order valence-electron chi connectivity index (χ1n) is 9.08. The Morgan fingerprint density at radius 1 is 0.963 bits per heavy atom. The number of nitrogens with one attached hydrogen (secondary N) is 1. The van der Waals surface area contributed by atoms with Crippen molar-refractivity contribution >= 4 is 11.6 Å². The van der Waals surface area contributed by atoms with Crippen LogP contribution in [0, 0.1) is 13.8 Å². The number of anilines is 1. The van der Waals surface area contributed by atoms with Crippen LogP contribution in [-0.4, -0.2) is 17.5 Å². The summed E-state index contributed by atoms with van der Waals surface area (Å²) >= 11 is 0. The molecule has 0 aliphatic heterocycles. The Morgan fingerprint density at radius 3 is 2.41 bits per heavy atom. The molecular weight excluding hydrogens is 336 g/mol. The molecular formula is C23H24N2O2. The van der Waals surface area contributed by atoms with Crippen molar-refractivity contribution in [1.29, 1.82) is 0 Å². The number of hydrogen-bond donors (Lipinski definition) is 1. The summed E-state index contributed by atoms with van der Waals surface area (Å²) in [5, 5.41) is 2.92. The highest BCUT2D eigenvalue weighted by Crippen LogP contribution is 2.20. The highest BCUT2D eigenvalue weighted by molar-refractivity contribution is 5.90. The molecule has 1 aromatic heterocycles. The Bertz CT molecular complexity index is 890. The van der Waals surface area contributed by atoms with Crippen molar-refractivity contribution in [2.24, 2.45) is 0 Å². The van der Waals surface area contributed by atoms with E-state index in [4.69, 9.17) is 4.74 Å². The Balaban J connectivity index is 1.47. The number of carbonyl (C=O) groups excluding carboxylic acids is 1. The Kier molecular flexibility index (Phi) is 6.21. The van der Waals surface area contributed by atoms with E-state index in [9.17, 15) is 4.79 Å². The quantitative estimate of drug-likeness (QED) is 0.665. The summed E-state index contributed by atoms with van der Waals surface area (Å²) in [4.78, 5) is 16.2. The number of carbonyl (C=O) groups is 1. The van der Waals surface area contributed by atoms with Gasteiger partial charge in [0, 0.05) is 18.1 Å². The third-order valence-electron chi connectivity index (χ3n) is 4.54. The van der Waals surface area contributed by atoms with E-state index in [-0.39, 0.29) is 5.91 Å². The van der Waals surface area contributed by atoms with Gasteiger partial charge in [0.1, 0.15) is 5.75 Å². The van der Waals surface area contributed by atoms with E-state index in [0.717, 1.165) is 23.4 Å². The average molecular weight is 360 g/mol. The zero-order chi connectivity index (χ0) is 19.1. The normalized spacial score (nSPS) is 10.4. The highest BCUT2D eigenvalue weighted by Gasteiger charge is 2.06. The minimum atomic E-state index is -0.0535. The lowest BCUT2D eigenvalue weighted by atomic mass is 10.1. The lowest BCUT2D eigenvalue weighted by Crippen LogP contribution is -2.15. The summed E-state index contributed by atoms with van der Waals surface area (Å²) < 4.78 is 5.75. The van der Waals surface area contributed by atoms with Gasteiger partial charge in [0.2, 0.25) is 5.91 Å². The molecule has 0 fully saturated rings. The molecule has 1 N–H and O–H groups in total. The Labute approximate surface area is 160 Å². The van der Waals surface area contributed by atoms with Gasteiger partial charge in [0.25, 0.3) is 0 Å². The van der Waals surface area contributed by atoms with Crippen LogP contribution >= 0.6 is 0 Å². The second-order valence-electron chi connectivity index (χ2n) is 6.57. The van der Waals surface area contributed by atoms with Crippen molar-refractivity contribution in [3.63, 3.8) is 0 Å². The van der Waals surface area contributed by atoms with Crippen LogP contribution in [0.2, 0.25) is 0 Å². The van der Waals surface area contributed by atoms with Crippen LogP contribution in [0.4, 0.5) is 5.69 Å². The maximum Gasteiger partial charge on any atom is 0.227 e. The lowest BCUT2D eigenvalue weighted by molar-refractivity contribution is -0.116. The molecule has 2 aromatic carbocycles. The van der Waals surface area contributed by atoms with Crippen molar-refractivity contribution in [1.82, 2.24) is 4.98 Å². The first kappa shape index (κ1) is 18.6. The standard InChI is InChI=1S/C23H24N2O2/c1-17-4-3-5-22(18(17)2)27-15-12-23(26)25-21-8-6-19(7-9-21)16-20-10-13-24-14-11-20/h3-11,13-14H,12,15-16H2,1-2H3,(H,25,26). The number of amides is 1. The van der Waals surface area contributed by atoms with Gasteiger partial charge >= 0.3 is 0 Å². The Morgan fingerprint density at radius 2 is 1.67 bits per heavy atom. The number of nitrogens with zero attached hydrogens (tertiary/aromatic N) is 1. The predicted octanol–water partition coefficient (Wildman–Crippen LogP) is 4.70. The smallest absolute Gasteiger partial charge is 0.227 e. The number of hydrogen-bond acceptors (Lipinski definition) is 3. The summed E-state index contributed by atoms with van der Waals surface area (Å²) in [6.07, 6.45) is 4.75. The molecule has 3 rings (SSSR count). The molecule has 3 aromatic rings. The molecule has 27 heavy (non-hydrogen) atoms. The molecule has 0 aliphatic carbocycles. The topological polar surface area (TPSA) is 51.2 Å². The largest absolute Gasteiger partial charge is 0.493 e. The Hall–Kier alpha value is -3.14. The second kappa shape index (κ2) is 8.99. The fraction of sp³-hybridized carbons (Fsp3) is 0.217. The van der Waals surface area contributed by atoms with Crippen molar-refractivity contribution < 1.29 is 9.53 Å². The molecule has 0 unspecified atom stereocenters. The molecule has 0 saturated heterocycles. The van der Waals surface area contributed by atoms with Gasteiger partial charge in [-0.1, -0.05) is 24.3 Å². The van der Waals surface area contributed by atoms with Gasteiger partial charge in [-0.2, -0.15) is 0 Å². The van der Waals surface area contributed by atoms with Crippen LogP contribution in [0.15, 0.2) is 67.0 Å². The molecule has 0 atom stereocenters. The molecule has 0 bridgehead atoms. The maximum atomic E-state index is 12.1. The summed E-state index contributed by atoms with van der Waals surface area (Å²) in [6, 6.07) is 17.9. The van der Waals surface area contributed by atoms with E-state index in [1.54, 1.807) is 12.4 Å². The number of rotatable bonds is 7. The average Bonchev–Trinajstić information content (AvgIpc) is 2.67. The fourth-order valence-electron chi connectivity index (χ4n) is 2.80. The third kappa shape index (κ3) is 5.42. The second-order valence-corrected chi connectivity index (χ2v) is 6.57. The number of aryl methyl sites for hydroxylation is 1. The van der Waals surface area contributed by atoms with Gasteiger partial charge in [-0.15, -0.1) is 0 Å². The van der Waals surface area contributed by atoms with Gasteiger partial charge in [-0.05, 0) is 72.9 Å². The molecule has 138 valence electrons. The summed E-state index contributed by atoms with van der Waals surface area (Å²) in [5.41, 5.74) is 5.50. The minimum Gasteiger partial charge on any atom is -0.493 e. The molecule has 0 aliphatic rings. The summed E-state index contributed by atoms with van der Waals surface area (Å²) in [7, 11) is 0. The zero-order valence-corrected chi connectivity index (χ0v) is 15.7. The number of ether oxygens (including phenoxy) is 1. The van der Waals surface area contributed by atoms with Crippen molar-refractivity contribution in [2.75, 3.05) is 11.9 Å². The van der Waals surface area contributed by atoms with Crippen molar-refractivity contribution in [2.45, 2.75) is 26.7 Å². The van der Waals surface area contributed by atoms with Crippen molar-refractivity contribution in [3.05, 3.63) is 89.2 Å².